The van der Waals surface area contributed by atoms with E-state index in [1.54, 1.807) is 0 Å². The van der Waals surface area contributed by atoms with Crippen LogP contribution in [-0.4, -0.2) is 0 Å². The first kappa shape index (κ1) is 15.6. The third kappa shape index (κ3) is 3.39. The first-order valence-electron chi connectivity index (χ1n) is 8.45. The van der Waals surface area contributed by atoms with Crippen molar-refractivity contribution in [1.82, 2.24) is 0 Å². The Hall–Kier alpha value is -2.28. The molecule has 3 rings (SSSR count). The Labute approximate surface area is 138 Å². The number of rotatable bonds is 6. The van der Waals surface area contributed by atoms with Crippen LogP contribution in [0.4, 0.5) is 0 Å². The number of unbranched alkanes of at least 4 members (excludes halogenated alkanes) is 1. The Balaban J connectivity index is 2.01. The first-order chi connectivity index (χ1) is 11.2. The molecule has 0 spiro atoms. The van der Waals surface area contributed by atoms with Crippen molar-refractivity contribution < 1.29 is 4.74 Å². The Kier molecular flexibility index (Phi) is 4.66. The van der Waals surface area contributed by atoms with Gasteiger partial charge in [0, 0.05) is 5.39 Å². The molecule has 1 heteroatoms. The minimum atomic E-state index is -0.304. The highest BCUT2D eigenvalue weighted by atomic mass is 16.5. The molecule has 1 nitrogen and oxygen atoms in total. The lowest BCUT2D eigenvalue weighted by atomic mass is 9.90. The molecule has 0 fully saturated rings. The topological polar surface area (TPSA) is 9.23 Å². The number of benzene rings is 3. The summed E-state index contributed by atoms with van der Waals surface area (Å²) < 4.78 is 6.60. The summed E-state index contributed by atoms with van der Waals surface area (Å²) in [5, 5.41) is 2.39. The van der Waals surface area contributed by atoms with Crippen molar-refractivity contribution in [3.63, 3.8) is 0 Å². The van der Waals surface area contributed by atoms with Gasteiger partial charge in [-0.3, -0.25) is 0 Å². The predicted octanol–water partition coefficient (Wildman–Crippen LogP) is 6.32. The normalized spacial score (nSPS) is 13.7. The van der Waals surface area contributed by atoms with Crippen LogP contribution < -0.4 is 4.74 Å². The van der Waals surface area contributed by atoms with Gasteiger partial charge in [-0.05, 0) is 36.8 Å². The van der Waals surface area contributed by atoms with Gasteiger partial charge < -0.3 is 4.74 Å². The number of hydrogen-bond donors (Lipinski definition) is 0. The largest absolute Gasteiger partial charge is 0.482 e. The Morgan fingerprint density at radius 2 is 1.52 bits per heavy atom. The molecule has 0 heterocycles. The van der Waals surface area contributed by atoms with Crippen LogP contribution in [0.2, 0.25) is 0 Å². The second-order valence-corrected chi connectivity index (χ2v) is 6.28. The van der Waals surface area contributed by atoms with E-state index in [0.717, 1.165) is 18.6 Å². The van der Waals surface area contributed by atoms with Crippen LogP contribution in [0.5, 0.6) is 5.75 Å². The highest BCUT2D eigenvalue weighted by Crippen LogP contribution is 2.36. The van der Waals surface area contributed by atoms with Crippen LogP contribution in [0.15, 0.2) is 72.8 Å². The van der Waals surface area contributed by atoms with E-state index in [4.69, 9.17) is 4.74 Å². The van der Waals surface area contributed by atoms with Gasteiger partial charge in [0.1, 0.15) is 11.4 Å². The summed E-state index contributed by atoms with van der Waals surface area (Å²) in [5.74, 6) is 0.963. The zero-order valence-electron chi connectivity index (χ0n) is 14.0. The van der Waals surface area contributed by atoms with Crippen LogP contribution in [-0.2, 0) is 5.60 Å². The van der Waals surface area contributed by atoms with Gasteiger partial charge in [-0.2, -0.15) is 0 Å². The molecule has 0 aliphatic rings. The van der Waals surface area contributed by atoms with Gasteiger partial charge >= 0.3 is 0 Å². The van der Waals surface area contributed by atoms with Crippen molar-refractivity contribution in [2.24, 2.45) is 0 Å². The summed E-state index contributed by atoms with van der Waals surface area (Å²) in [6.07, 6.45) is 3.33. The summed E-state index contributed by atoms with van der Waals surface area (Å²) in [4.78, 5) is 0. The molecule has 118 valence electrons. The lowest BCUT2D eigenvalue weighted by Gasteiger charge is -2.32. The summed E-state index contributed by atoms with van der Waals surface area (Å²) >= 11 is 0. The van der Waals surface area contributed by atoms with Crippen LogP contribution in [0.3, 0.4) is 0 Å². The van der Waals surface area contributed by atoms with Crippen LogP contribution >= 0.6 is 0 Å². The van der Waals surface area contributed by atoms with Crippen LogP contribution in [0, 0.1) is 0 Å². The highest BCUT2D eigenvalue weighted by Gasteiger charge is 2.28. The molecule has 1 unspecified atom stereocenters. The smallest absolute Gasteiger partial charge is 0.131 e. The predicted molar refractivity (Wildman–Crippen MR) is 97.9 cm³/mol. The molecule has 3 aromatic carbocycles. The summed E-state index contributed by atoms with van der Waals surface area (Å²) in [5.41, 5.74) is 0.933. The molecule has 0 aromatic heterocycles. The second kappa shape index (κ2) is 6.87. The third-order valence-corrected chi connectivity index (χ3v) is 4.48. The van der Waals surface area contributed by atoms with Gasteiger partial charge in [0.2, 0.25) is 0 Å². The molecule has 0 saturated heterocycles. The molecule has 0 N–H and O–H groups in total. The maximum atomic E-state index is 6.60. The molecule has 0 radical (unpaired) electrons. The fraction of sp³-hybridized carbons (Fsp3) is 0.273. The van der Waals surface area contributed by atoms with Crippen LogP contribution in [0.1, 0.15) is 38.7 Å². The standard InChI is InChI=1S/C22H24O/c1-3-4-17-22(2,19-13-6-5-7-14-19)23-21-16-10-12-18-11-8-9-15-20(18)21/h5-16H,3-4,17H2,1-2H3. The fourth-order valence-electron chi connectivity index (χ4n) is 3.09. The van der Waals surface area contributed by atoms with Crippen molar-refractivity contribution in [2.45, 2.75) is 38.7 Å². The number of hydrogen-bond acceptors (Lipinski definition) is 1. The van der Waals surface area contributed by atoms with E-state index in [0.29, 0.717) is 0 Å². The molecule has 0 aliphatic heterocycles. The highest BCUT2D eigenvalue weighted by molar-refractivity contribution is 5.88. The summed E-state index contributed by atoms with van der Waals surface area (Å²) in [6, 6.07) is 25.3. The zero-order chi connectivity index (χ0) is 16.1. The molecule has 0 bridgehead atoms. The van der Waals surface area contributed by atoms with E-state index in [1.807, 2.05) is 0 Å². The average molecular weight is 304 g/mol. The van der Waals surface area contributed by atoms with Crippen molar-refractivity contribution >= 4 is 10.8 Å². The molecule has 1 atom stereocenters. The third-order valence-electron chi connectivity index (χ3n) is 4.48. The number of fused-ring (bicyclic) bond motifs is 1. The van der Waals surface area contributed by atoms with Gasteiger partial charge in [-0.25, -0.2) is 0 Å². The maximum Gasteiger partial charge on any atom is 0.131 e. The minimum Gasteiger partial charge on any atom is -0.482 e. The average Bonchev–Trinajstić information content (AvgIpc) is 2.61. The molecule has 0 aliphatic carbocycles. The molecule has 0 saturated carbocycles. The quantitative estimate of drug-likeness (QED) is 0.517. The molecule has 3 aromatic rings. The monoisotopic (exact) mass is 304 g/mol. The van der Waals surface area contributed by atoms with Crippen LogP contribution in [0.25, 0.3) is 10.8 Å². The van der Waals surface area contributed by atoms with E-state index in [2.05, 4.69) is 86.6 Å². The van der Waals surface area contributed by atoms with E-state index in [9.17, 15) is 0 Å². The van der Waals surface area contributed by atoms with Crippen molar-refractivity contribution in [3.8, 4) is 5.75 Å². The second-order valence-electron chi connectivity index (χ2n) is 6.28. The van der Waals surface area contributed by atoms with Gasteiger partial charge in [0.15, 0.2) is 0 Å². The van der Waals surface area contributed by atoms with Crippen molar-refractivity contribution in [3.05, 3.63) is 78.4 Å². The first-order valence-corrected chi connectivity index (χ1v) is 8.45. The van der Waals surface area contributed by atoms with Crippen molar-refractivity contribution in [1.29, 1.82) is 0 Å². The zero-order valence-corrected chi connectivity index (χ0v) is 14.0. The molecular weight excluding hydrogens is 280 g/mol. The van der Waals surface area contributed by atoms with Gasteiger partial charge in [-0.15, -0.1) is 0 Å². The number of ether oxygens (including phenoxy) is 1. The fourth-order valence-corrected chi connectivity index (χ4v) is 3.09. The van der Waals surface area contributed by atoms with Gasteiger partial charge in [-0.1, -0.05) is 80.1 Å². The van der Waals surface area contributed by atoms with Gasteiger partial charge in [0.25, 0.3) is 0 Å². The van der Waals surface area contributed by atoms with Crippen molar-refractivity contribution in [2.75, 3.05) is 0 Å². The summed E-state index contributed by atoms with van der Waals surface area (Å²) in [7, 11) is 0. The minimum absolute atomic E-state index is 0.304. The maximum absolute atomic E-state index is 6.60. The lowest BCUT2D eigenvalue weighted by Crippen LogP contribution is -2.29. The van der Waals surface area contributed by atoms with E-state index >= 15 is 0 Å². The molecule has 23 heavy (non-hydrogen) atoms. The van der Waals surface area contributed by atoms with E-state index in [-0.39, 0.29) is 5.60 Å². The molecule has 0 amide bonds. The van der Waals surface area contributed by atoms with Gasteiger partial charge in [0.05, 0.1) is 0 Å². The Bertz CT molecular complexity index is 758. The summed E-state index contributed by atoms with van der Waals surface area (Å²) in [6.45, 7) is 4.43. The molecular formula is C22H24O. The lowest BCUT2D eigenvalue weighted by molar-refractivity contribution is 0.0762. The Morgan fingerprint density at radius 3 is 2.30 bits per heavy atom. The Morgan fingerprint density at radius 1 is 0.826 bits per heavy atom. The SMILES string of the molecule is CCCCC(C)(Oc1cccc2ccccc12)c1ccccc1. The van der Waals surface area contributed by atoms with E-state index < -0.39 is 0 Å². The van der Waals surface area contributed by atoms with E-state index in [1.165, 1.54) is 22.8 Å².